The van der Waals surface area contributed by atoms with Crippen LogP contribution in [0.1, 0.15) is 76.8 Å². The molecule has 4 rings (SSSR count). The zero-order chi connectivity index (χ0) is 25.4. The van der Waals surface area contributed by atoms with Gasteiger partial charge < -0.3 is 14.4 Å². The first-order valence-electron chi connectivity index (χ1n) is 13.0. The molecule has 1 heterocycles. The fourth-order valence-electron chi connectivity index (χ4n) is 6.15. The Kier molecular flexibility index (Phi) is 7.83. The Bertz CT molecular complexity index is 1020. The standard InChI is InChI=1S/C29H42NO4P/c1-20(2)19-30-29(4,5)25-17-12-21(3)18-26(25)34-35(30,32)28(23-10-8-7-9-11-23)27(31)22-13-15-24(33-6)16-14-22/h7-11,13-16,20-21,25-28,31H,12,17-19H2,1-6H3/t21-,25-,26-,27-,28-,35+/m1/s1. The Morgan fingerprint density at radius 3 is 2.34 bits per heavy atom. The van der Waals surface area contributed by atoms with Crippen LogP contribution in [0.2, 0.25) is 0 Å². The summed E-state index contributed by atoms with van der Waals surface area (Å²) in [4.78, 5) is 0. The second-order valence-corrected chi connectivity index (χ2v) is 13.8. The van der Waals surface area contributed by atoms with E-state index in [0.717, 1.165) is 24.2 Å². The third-order valence-electron chi connectivity index (χ3n) is 8.04. The van der Waals surface area contributed by atoms with Crippen molar-refractivity contribution in [1.29, 1.82) is 0 Å². The van der Waals surface area contributed by atoms with Crippen LogP contribution in [0.5, 0.6) is 5.75 Å². The van der Waals surface area contributed by atoms with Gasteiger partial charge in [0.15, 0.2) is 0 Å². The van der Waals surface area contributed by atoms with Crippen molar-refractivity contribution >= 4 is 7.52 Å². The summed E-state index contributed by atoms with van der Waals surface area (Å²) in [5.41, 5.74) is 0.537. The number of benzene rings is 2. The second kappa shape index (κ2) is 10.4. The molecule has 0 spiro atoms. The smallest absolute Gasteiger partial charge is 0.283 e. The van der Waals surface area contributed by atoms with Crippen LogP contribution in [0.25, 0.3) is 0 Å². The van der Waals surface area contributed by atoms with Gasteiger partial charge in [0, 0.05) is 18.0 Å². The van der Waals surface area contributed by atoms with Gasteiger partial charge in [0.1, 0.15) is 11.4 Å². The van der Waals surface area contributed by atoms with Gasteiger partial charge in [-0.15, -0.1) is 0 Å². The Labute approximate surface area is 211 Å². The predicted octanol–water partition coefficient (Wildman–Crippen LogP) is 7.23. The summed E-state index contributed by atoms with van der Waals surface area (Å²) in [7, 11) is -1.91. The summed E-state index contributed by atoms with van der Waals surface area (Å²) >= 11 is 0. The lowest BCUT2D eigenvalue weighted by molar-refractivity contribution is -0.0554. The summed E-state index contributed by atoms with van der Waals surface area (Å²) in [5.74, 6) is 1.88. The molecule has 6 atom stereocenters. The molecule has 1 saturated heterocycles. The lowest BCUT2D eigenvalue weighted by Crippen LogP contribution is -2.59. The average molecular weight is 500 g/mol. The third kappa shape index (κ3) is 5.11. The molecule has 1 aliphatic carbocycles. The number of ether oxygens (including phenoxy) is 1. The number of hydrogen-bond acceptors (Lipinski definition) is 4. The van der Waals surface area contributed by atoms with Crippen molar-refractivity contribution in [2.45, 2.75) is 77.3 Å². The SMILES string of the molecule is COc1ccc([C@@H](O)[C@@H](c2ccccc2)[P@]2(=O)O[C@@H]3C[C@H](C)CC[C@H]3C(C)(C)N2CC(C)C)cc1. The van der Waals surface area contributed by atoms with Crippen molar-refractivity contribution in [3.63, 3.8) is 0 Å². The number of rotatable bonds is 7. The van der Waals surface area contributed by atoms with Crippen molar-refractivity contribution in [2.24, 2.45) is 17.8 Å². The third-order valence-corrected chi connectivity index (χ3v) is 11.2. The van der Waals surface area contributed by atoms with E-state index >= 15 is 4.57 Å². The molecule has 0 radical (unpaired) electrons. The van der Waals surface area contributed by atoms with Crippen LogP contribution in [0.4, 0.5) is 0 Å². The number of aliphatic hydroxyl groups is 1. The van der Waals surface area contributed by atoms with E-state index < -0.39 is 19.3 Å². The molecule has 2 aromatic rings. The fraction of sp³-hybridized carbons (Fsp3) is 0.586. The molecule has 2 fully saturated rings. The molecule has 35 heavy (non-hydrogen) atoms. The van der Waals surface area contributed by atoms with E-state index in [-0.39, 0.29) is 11.6 Å². The maximum atomic E-state index is 15.4. The van der Waals surface area contributed by atoms with E-state index in [1.807, 2.05) is 54.6 Å². The second-order valence-electron chi connectivity index (χ2n) is 11.4. The zero-order valence-corrected chi connectivity index (χ0v) is 22.9. The van der Waals surface area contributed by atoms with Crippen molar-refractivity contribution in [3.05, 3.63) is 65.7 Å². The molecule has 0 aromatic heterocycles. The van der Waals surface area contributed by atoms with E-state index in [2.05, 4.69) is 39.3 Å². The van der Waals surface area contributed by atoms with Gasteiger partial charge in [-0.25, -0.2) is 4.67 Å². The van der Waals surface area contributed by atoms with Gasteiger partial charge >= 0.3 is 0 Å². The Balaban J connectivity index is 1.85. The highest BCUT2D eigenvalue weighted by molar-refractivity contribution is 7.57. The molecule has 2 aliphatic rings. The van der Waals surface area contributed by atoms with Gasteiger partial charge in [0.2, 0.25) is 0 Å². The summed E-state index contributed by atoms with van der Waals surface area (Å²) in [6.45, 7) is 11.7. The Hall–Kier alpha value is -1.65. The van der Waals surface area contributed by atoms with E-state index in [1.165, 1.54) is 6.42 Å². The molecule has 1 aliphatic heterocycles. The van der Waals surface area contributed by atoms with E-state index in [1.54, 1.807) is 7.11 Å². The normalized spacial score (nSPS) is 30.5. The first-order valence-corrected chi connectivity index (χ1v) is 14.7. The minimum atomic E-state index is -3.54. The first-order chi connectivity index (χ1) is 16.6. The summed E-state index contributed by atoms with van der Waals surface area (Å²) in [5, 5.41) is 11.9. The zero-order valence-electron chi connectivity index (χ0n) is 22.1. The molecular formula is C29H42NO4P. The fourth-order valence-corrected chi connectivity index (χ4v) is 9.81. The number of methoxy groups -OCH3 is 1. The molecule has 6 heteroatoms. The van der Waals surface area contributed by atoms with E-state index in [0.29, 0.717) is 29.9 Å². The highest BCUT2D eigenvalue weighted by Gasteiger charge is 2.59. The highest BCUT2D eigenvalue weighted by Crippen LogP contribution is 2.73. The maximum absolute atomic E-state index is 15.4. The molecule has 0 bridgehead atoms. The largest absolute Gasteiger partial charge is 0.497 e. The van der Waals surface area contributed by atoms with Gasteiger partial charge in [0.05, 0.1) is 19.3 Å². The monoisotopic (exact) mass is 499 g/mol. The Morgan fingerprint density at radius 2 is 1.74 bits per heavy atom. The number of fused-ring (bicyclic) bond motifs is 1. The lowest BCUT2D eigenvalue weighted by atomic mass is 9.71. The first kappa shape index (κ1) is 26.4. The maximum Gasteiger partial charge on any atom is 0.283 e. The topological polar surface area (TPSA) is 59.0 Å². The predicted molar refractivity (Wildman–Crippen MR) is 142 cm³/mol. The quantitative estimate of drug-likeness (QED) is 0.407. The van der Waals surface area contributed by atoms with Crippen molar-refractivity contribution in [3.8, 4) is 5.75 Å². The summed E-state index contributed by atoms with van der Waals surface area (Å²) in [6.07, 6.45) is 2.09. The highest BCUT2D eigenvalue weighted by atomic mass is 31.2. The summed E-state index contributed by atoms with van der Waals surface area (Å²) in [6, 6.07) is 17.2. The minimum absolute atomic E-state index is 0.0720. The van der Waals surface area contributed by atoms with Crippen LogP contribution >= 0.6 is 7.52 Å². The summed E-state index contributed by atoms with van der Waals surface area (Å²) < 4.78 is 29.7. The van der Waals surface area contributed by atoms with E-state index in [4.69, 9.17) is 9.26 Å². The molecule has 2 aromatic carbocycles. The number of aliphatic hydroxyl groups excluding tert-OH is 1. The van der Waals surface area contributed by atoms with Gasteiger partial charge in [0.25, 0.3) is 7.52 Å². The number of hydrogen-bond donors (Lipinski definition) is 1. The van der Waals surface area contributed by atoms with Gasteiger partial charge in [-0.2, -0.15) is 0 Å². The molecule has 1 N–H and O–H groups in total. The van der Waals surface area contributed by atoms with Crippen molar-refractivity contribution in [2.75, 3.05) is 13.7 Å². The van der Waals surface area contributed by atoms with Crippen LogP contribution in [-0.4, -0.2) is 35.1 Å². The van der Waals surface area contributed by atoms with Crippen LogP contribution in [0.15, 0.2) is 54.6 Å². The van der Waals surface area contributed by atoms with Gasteiger partial charge in [-0.1, -0.05) is 69.7 Å². The molecule has 1 saturated carbocycles. The van der Waals surface area contributed by atoms with Crippen molar-refractivity contribution in [1.82, 2.24) is 4.67 Å². The molecule has 0 amide bonds. The van der Waals surface area contributed by atoms with Crippen LogP contribution in [-0.2, 0) is 9.09 Å². The van der Waals surface area contributed by atoms with Gasteiger partial charge in [-0.3, -0.25) is 4.57 Å². The molecule has 0 unspecified atom stereocenters. The van der Waals surface area contributed by atoms with Gasteiger partial charge in [-0.05, 0) is 61.8 Å². The van der Waals surface area contributed by atoms with Crippen LogP contribution in [0.3, 0.4) is 0 Å². The average Bonchev–Trinajstić information content (AvgIpc) is 2.82. The van der Waals surface area contributed by atoms with E-state index in [9.17, 15) is 5.11 Å². The van der Waals surface area contributed by atoms with Crippen LogP contribution in [0, 0.1) is 17.8 Å². The van der Waals surface area contributed by atoms with Crippen molar-refractivity contribution < 1.29 is 18.9 Å². The lowest BCUT2D eigenvalue weighted by Gasteiger charge is -2.58. The molecular weight excluding hydrogens is 457 g/mol. The molecule has 5 nitrogen and oxygen atoms in total. The Morgan fingerprint density at radius 1 is 1.09 bits per heavy atom. The minimum Gasteiger partial charge on any atom is -0.497 e. The van der Waals surface area contributed by atoms with Crippen LogP contribution < -0.4 is 4.74 Å². The molecule has 192 valence electrons. The number of nitrogens with zero attached hydrogens (tertiary/aromatic N) is 1.